The summed E-state index contributed by atoms with van der Waals surface area (Å²) in [5.41, 5.74) is 1.11. The van der Waals surface area contributed by atoms with Crippen molar-refractivity contribution in [2.24, 2.45) is 14.1 Å². The maximum Gasteiger partial charge on any atom is 0.332 e. The molecule has 1 N–H and O–H groups in total. The summed E-state index contributed by atoms with van der Waals surface area (Å²) in [5, 5.41) is 3.30. The second kappa shape index (κ2) is 5.69. The molecule has 8 heteroatoms. The van der Waals surface area contributed by atoms with E-state index in [9.17, 15) is 9.59 Å². The molecule has 0 saturated carbocycles. The van der Waals surface area contributed by atoms with E-state index in [0.717, 1.165) is 42.3 Å². The third-order valence-electron chi connectivity index (χ3n) is 4.16. The summed E-state index contributed by atoms with van der Waals surface area (Å²) in [6, 6.07) is 0. The zero-order valence-corrected chi connectivity index (χ0v) is 13.8. The van der Waals surface area contributed by atoms with Crippen LogP contribution in [-0.2, 0) is 20.6 Å². The fourth-order valence-corrected chi connectivity index (χ4v) is 2.96. The molecule has 8 nitrogen and oxygen atoms in total. The number of hydrogen-bond acceptors (Lipinski definition) is 5. The molecule has 1 saturated heterocycles. The molecule has 0 unspecified atom stereocenters. The molecule has 0 amide bonds. The molecule has 1 fully saturated rings. The SMILES string of the molecule is C=C(C)Cn1c(N2CCNCC2)nc2c1c(=O)n(C)c(=O)n2C. The van der Waals surface area contributed by atoms with Crippen LogP contribution in [0.4, 0.5) is 5.95 Å². The monoisotopic (exact) mass is 318 g/mol. The average Bonchev–Trinajstić information content (AvgIpc) is 2.90. The molecule has 124 valence electrons. The van der Waals surface area contributed by atoms with Crippen molar-refractivity contribution in [3.8, 4) is 0 Å². The number of anilines is 1. The van der Waals surface area contributed by atoms with Crippen molar-refractivity contribution in [1.82, 2.24) is 24.0 Å². The van der Waals surface area contributed by atoms with Crippen molar-refractivity contribution in [1.29, 1.82) is 0 Å². The fraction of sp³-hybridized carbons (Fsp3) is 0.533. The normalized spacial score (nSPS) is 15.3. The zero-order chi connectivity index (χ0) is 16.7. The van der Waals surface area contributed by atoms with Gasteiger partial charge in [-0.1, -0.05) is 12.2 Å². The van der Waals surface area contributed by atoms with E-state index >= 15 is 0 Å². The van der Waals surface area contributed by atoms with E-state index in [4.69, 9.17) is 0 Å². The topological polar surface area (TPSA) is 77.1 Å². The van der Waals surface area contributed by atoms with Crippen LogP contribution >= 0.6 is 0 Å². The van der Waals surface area contributed by atoms with E-state index in [1.54, 1.807) is 7.05 Å². The Morgan fingerprint density at radius 1 is 1.22 bits per heavy atom. The quantitative estimate of drug-likeness (QED) is 0.766. The predicted molar refractivity (Wildman–Crippen MR) is 90.1 cm³/mol. The van der Waals surface area contributed by atoms with Gasteiger partial charge in [0.25, 0.3) is 5.56 Å². The number of allylic oxidation sites excluding steroid dienone is 1. The molecule has 0 aliphatic carbocycles. The minimum atomic E-state index is -0.366. The van der Waals surface area contributed by atoms with Crippen LogP contribution in [0.2, 0.25) is 0 Å². The number of aryl methyl sites for hydroxylation is 1. The fourth-order valence-electron chi connectivity index (χ4n) is 2.96. The van der Waals surface area contributed by atoms with Crippen molar-refractivity contribution in [2.75, 3.05) is 31.1 Å². The highest BCUT2D eigenvalue weighted by Gasteiger charge is 2.23. The smallest absolute Gasteiger partial charge is 0.332 e. The Balaban J connectivity index is 2.33. The second-order valence-corrected chi connectivity index (χ2v) is 6.07. The first kappa shape index (κ1) is 15.5. The lowest BCUT2D eigenvalue weighted by Crippen LogP contribution is -2.44. The largest absolute Gasteiger partial charge is 0.340 e. The predicted octanol–water partition coefficient (Wildman–Crippen LogP) is -0.581. The van der Waals surface area contributed by atoms with Crippen LogP contribution in [0.25, 0.3) is 11.2 Å². The summed E-state index contributed by atoms with van der Waals surface area (Å²) in [6.07, 6.45) is 0. The summed E-state index contributed by atoms with van der Waals surface area (Å²) < 4.78 is 4.43. The standard InChI is InChI=1S/C15H22N6O2/c1-10(2)9-21-11-12(18(3)15(23)19(4)13(11)22)17-14(21)20-7-5-16-6-8-20/h16H,1,5-9H2,2-4H3. The van der Waals surface area contributed by atoms with Crippen LogP contribution in [0, 0.1) is 0 Å². The molecule has 0 spiro atoms. The van der Waals surface area contributed by atoms with E-state index in [2.05, 4.69) is 21.8 Å². The van der Waals surface area contributed by atoms with Gasteiger partial charge in [0.1, 0.15) is 0 Å². The molecule has 0 bridgehead atoms. The van der Waals surface area contributed by atoms with Crippen molar-refractivity contribution in [2.45, 2.75) is 13.5 Å². The Labute approximate surface area is 133 Å². The minimum Gasteiger partial charge on any atom is -0.340 e. The van der Waals surface area contributed by atoms with Gasteiger partial charge in [-0.2, -0.15) is 4.98 Å². The van der Waals surface area contributed by atoms with Crippen LogP contribution in [0.3, 0.4) is 0 Å². The summed E-state index contributed by atoms with van der Waals surface area (Å²) >= 11 is 0. The van der Waals surface area contributed by atoms with Crippen molar-refractivity contribution < 1.29 is 0 Å². The Morgan fingerprint density at radius 3 is 2.48 bits per heavy atom. The highest BCUT2D eigenvalue weighted by molar-refractivity contribution is 5.74. The van der Waals surface area contributed by atoms with Gasteiger partial charge in [0.05, 0.1) is 0 Å². The highest BCUT2D eigenvalue weighted by Crippen LogP contribution is 2.21. The van der Waals surface area contributed by atoms with Gasteiger partial charge in [-0.05, 0) is 6.92 Å². The summed E-state index contributed by atoms with van der Waals surface area (Å²) in [7, 11) is 3.14. The summed E-state index contributed by atoms with van der Waals surface area (Å²) in [6.45, 7) is 9.74. The van der Waals surface area contributed by atoms with Gasteiger partial charge in [0.2, 0.25) is 5.95 Å². The Hall–Kier alpha value is -2.35. The molecule has 0 atom stereocenters. The van der Waals surface area contributed by atoms with Gasteiger partial charge in [-0.15, -0.1) is 0 Å². The molecule has 2 aromatic rings. The first-order valence-corrected chi connectivity index (χ1v) is 7.68. The zero-order valence-electron chi connectivity index (χ0n) is 13.8. The number of piperazine rings is 1. The van der Waals surface area contributed by atoms with E-state index in [0.29, 0.717) is 17.7 Å². The van der Waals surface area contributed by atoms with Crippen LogP contribution < -0.4 is 21.5 Å². The second-order valence-electron chi connectivity index (χ2n) is 6.07. The number of imidazole rings is 1. The number of hydrogen-bond donors (Lipinski definition) is 1. The Morgan fingerprint density at radius 2 is 1.87 bits per heavy atom. The van der Waals surface area contributed by atoms with Crippen molar-refractivity contribution in [3.63, 3.8) is 0 Å². The molecule has 1 aliphatic heterocycles. The number of aromatic nitrogens is 4. The number of nitrogens with one attached hydrogen (secondary N) is 1. The van der Waals surface area contributed by atoms with Gasteiger partial charge in [-0.25, -0.2) is 4.79 Å². The lowest BCUT2D eigenvalue weighted by molar-refractivity contribution is 0.571. The first-order chi connectivity index (χ1) is 10.9. The summed E-state index contributed by atoms with van der Waals surface area (Å²) in [4.78, 5) is 31.5. The molecule has 1 aliphatic rings. The van der Waals surface area contributed by atoms with Crippen LogP contribution in [0.15, 0.2) is 21.7 Å². The minimum absolute atomic E-state index is 0.321. The maximum absolute atomic E-state index is 12.6. The van der Waals surface area contributed by atoms with Crippen molar-refractivity contribution >= 4 is 17.1 Å². The van der Waals surface area contributed by atoms with Gasteiger partial charge in [0.15, 0.2) is 11.2 Å². The lowest BCUT2D eigenvalue weighted by Gasteiger charge is -2.28. The third kappa shape index (κ3) is 2.48. The van der Waals surface area contributed by atoms with Gasteiger partial charge < -0.3 is 14.8 Å². The van der Waals surface area contributed by atoms with Crippen LogP contribution in [-0.4, -0.2) is 44.9 Å². The van der Waals surface area contributed by atoms with Crippen LogP contribution in [0.5, 0.6) is 0 Å². The first-order valence-electron chi connectivity index (χ1n) is 7.68. The summed E-state index contributed by atoms with van der Waals surface area (Å²) in [5.74, 6) is 0.725. The molecule has 2 aromatic heterocycles. The molecule has 0 aromatic carbocycles. The number of fused-ring (bicyclic) bond motifs is 1. The molecule has 0 radical (unpaired) electrons. The van der Waals surface area contributed by atoms with E-state index in [-0.39, 0.29) is 11.2 Å². The highest BCUT2D eigenvalue weighted by atomic mass is 16.2. The maximum atomic E-state index is 12.6. The molecule has 3 heterocycles. The van der Waals surface area contributed by atoms with E-state index in [1.165, 1.54) is 11.6 Å². The van der Waals surface area contributed by atoms with Gasteiger partial charge in [0, 0.05) is 46.8 Å². The van der Waals surface area contributed by atoms with Gasteiger partial charge >= 0.3 is 5.69 Å². The molecule has 3 rings (SSSR count). The lowest BCUT2D eigenvalue weighted by atomic mass is 10.3. The number of rotatable bonds is 3. The van der Waals surface area contributed by atoms with Gasteiger partial charge in [-0.3, -0.25) is 13.9 Å². The molecular formula is C15H22N6O2. The molecular weight excluding hydrogens is 296 g/mol. The average molecular weight is 318 g/mol. The Bertz CT molecular complexity index is 882. The van der Waals surface area contributed by atoms with Crippen molar-refractivity contribution in [3.05, 3.63) is 33.0 Å². The number of nitrogens with zero attached hydrogens (tertiary/aromatic N) is 5. The van der Waals surface area contributed by atoms with E-state index < -0.39 is 0 Å². The Kier molecular flexibility index (Phi) is 3.85. The van der Waals surface area contributed by atoms with E-state index in [1.807, 2.05) is 11.5 Å². The molecule has 23 heavy (non-hydrogen) atoms. The third-order valence-corrected chi connectivity index (χ3v) is 4.16. The van der Waals surface area contributed by atoms with Crippen LogP contribution in [0.1, 0.15) is 6.92 Å².